The van der Waals surface area contributed by atoms with E-state index in [4.69, 9.17) is 4.42 Å². The molecule has 0 saturated carbocycles. The number of furan rings is 1. The lowest BCUT2D eigenvalue weighted by atomic mass is 9.66. The van der Waals surface area contributed by atoms with Crippen LogP contribution in [0.5, 0.6) is 0 Å². The Kier molecular flexibility index (Phi) is 4.19. The van der Waals surface area contributed by atoms with Gasteiger partial charge >= 0.3 is 0 Å². The minimum Gasteiger partial charge on any atom is -0.456 e. The summed E-state index contributed by atoms with van der Waals surface area (Å²) >= 11 is 3.86. The summed E-state index contributed by atoms with van der Waals surface area (Å²) in [4.78, 5) is 0. The Labute approximate surface area is 234 Å². The summed E-state index contributed by atoms with van der Waals surface area (Å²) in [5.41, 5.74) is 14.2. The molecule has 1 unspecified atom stereocenters. The first kappa shape index (κ1) is 21.5. The van der Waals surface area contributed by atoms with Gasteiger partial charge in [0.1, 0.15) is 11.2 Å². The summed E-state index contributed by atoms with van der Waals surface area (Å²) in [5.74, 6) is 0. The van der Waals surface area contributed by atoms with E-state index in [-0.39, 0.29) is 0 Å². The maximum Gasteiger partial charge on any atom is 0.136 e. The first-order valence-electron chi connectivity index (χ1n) is 13.3. The number of halogens is 1. The number of hydrogen-bond donors (Lipinski definition) is 0. The van der Waals surface area contributed by atoms with Crippen molar-refractivity contribution in [2.45, 2.75) is 5.41 Å². The molecule has 0 radical (unpaired) electrons. The SMILES string of the molecule is Brc1ccc2c(c1)C1(c3ccccc3-c3ccccc3-2)c2ccccc2-c2cc3oc4ccccc4c3cc21. The van der Waals surface area contributed by atoms with E-state index in [1.54, 1.807) is 0 Å². The Morgan fingerprint density at radius 1 is 0.410 bits per heavy atom. The average Bonchev–Trinajstić information content (AvgIpc) is 3.46. The summed E-state index contributed by atoms with van der Waals surface area (Å²) < 4.78 is 7.48. The Morgan fingerprint density at radius 3 is 1.72 bits per heavy atom. The minimum atomic E-state index is -0.493. The summed E-state index contributed by atoms with van der Waals surface area (Å²) in [6.07, 6.45) is 0. The van der Waals surface area contributed by atoms with Crippen molar-refractivity contribution in [2.75, 3.05) is 0 Å². The van der Waals surface area contributed by atoms with Crippen molar-refractivity contribution >= 4 is 37.9 Å². The molecule has 2 aliphatic rings. The van der Waals surface area contributed by atoms with E-state index in [0.29, 0.717) is 0 Å². The van der Waals surface area contributed by atoms with Gasteiger partial charge in [-0.1, -0.05) is 113 Å². The summed E-state index contributed by atoms with van der Waals surface area (Å²) in [5, 5.41) is 2.31. The lowest BCUT2D eigenvalue weighted by Crippen LogP contribution is -2.29. The van der Waals surface area contributed by atoms with Crippen LogP contribution in [0.15, 0.2) is 136 Å². The van der Waals surface area contributed by atoms with E-state index in [0.717, 1.165) is 26.4 Å². The minimum absolute atomic E-state index is 0.493. The second-order valence-corrected chi connectivity index (χ2v) is 11.5. The highest BCUT2D eigenvalue weighted by Crippen LogP contribution is 2.62. The molecule has 2 aliphatic carbocycles. The van der Waals surface area contributed by atoms with Crippen molar-refractivity contribution in [2.24, 2.45) is 0 Å². The Bertz CT molecular complexity index is 2150. The van der Waals surface area contributed by atoms with Crippen LogP contribution in [0.25, 0.3) is 55.3 Å². The van der Waals surface area contributed by atoms with Crippen molar-refractivity contribution in [1.29, 1.82) is 0 Å². The van der Waals surface area contributed by atoms with Gasteiger partial charge in [-0.3, -0.25) is 0 Å². The Morgan fingerprint density at radius 2 is 0.974 bits per heavy atom. The molecule has 182 valence electrons. The number of benzene rings is 6. The van der Waals surface area contributed by atoms with Gasteiger partial charge in [0.25, 0.3) is 0 Å². The predicted octanol–water partition coefficient (Wildman–Crippen LogP) is 10.4. The number of fused-ring (bicyclic) bond motifs is 15. The van der Waals surface area contributed by atoms with Gasteiger partial charge in [0.05, 0.1) is 5.41 Å². The fourth-order valence-electron chi connectivity index (χ4n) is 7.28. The molecule has 6 aromatic carbocycles. The molecule has 1 nitrogen and oxygen atoms in total. The van der Waals surface area contributed by atoms with Gasteiger partial charge in [-0.05, 0) is 86.0 Å². The summed E-state index contributed by atoms with van der Waals surface area (Å²) in [7, 11) is 0. The first-order valence-corrected chi connectivity index (χ1v) is 14.1. The van der Waals surface area contributed by atoms with Crippen molar-refractivity contribution in [3.63, 3.8) is 0 Å². The van der Waals surface area contributed by atoms with E-state index in [2.05, 4.69) is 137 Å². The largest absolute Gasteiger partial charge is 0.456 e. The quantitative estimate of drug-likeness (QED) is 0.180. The molecule has 0 aliphatic heterocycles. The van der Waals surface area contributed by atoms with Crippen molar-refractivity contribution in [3.8, 4) is 33.4 Å². The van der Waals surface area contributed by atoms with Crippen LogP contribution in [0, 0.1) is 0 Å². The number of para-hydroxylation sites is 1. The van der Waals surface area contributed by atoms with Crippen LogP contribution in [0.3, 0.4) is 0 Å². The molecule has 0 amide bonds. The zero-order valence-corrected chi connectivity index (χ0v) is 22.5. The monoisotopic (exact) mass is 560 g/mol. The van der Waals surface area contributed by atoms with Crippen molar-refractivity contribution in [3.05, 3.63) is 154 Å². The van der Waals surface area contributed by atoms with E-state index < -0.39 is 5.41 Å². The Balaban J connectivity index is 1.55. The zero-order chi connectivity index (χ0) is 25.7. The van der Waals surface area contributed by atoms with Gasteiger partial charge in [0.2, 0.25) is 0 Å². The van der Waals surface area contributed by atoms with Gasteiger partial charge in [-0.15, -0.1) is 0 Å². The van der Waals surface area contributed by atoms with Crippen molar-refractivity contribution in [1.82, 2.24) is 0 Å². The third-order valence-corrected chi connectivity index (χ3v) is 9.26. The molecular weight excluding hydrogens is 540 g/mol. The molecule has 7 aromatic rings. The molecular formula is C37H21BrO. The topological polar surface area (TPSA) is 13.1 Å². The normalized spacial score (nSPS) is 16.4. The van der Waals surface area contributed by atoms with Crippen molar-refractivity contribution < 1.29 is 4.42 Å². The molecule has 0 saturated heterocycles. The van der Waals surface area contributed by atoms with Gasteiger partial charge in [0.15, 0.2) is 0 Å². The third kappa shape index (κ3) is 2.65. The maximum atomic E-state index is 6.39. The summed E-state index contributed by atoms with van der Waals surface area (Å²) in [6, 6.07) is 46.7. The van der Waals surface area contributed by atoms with Crippen LogP contribution in [0.2, 0.25) is 0 Å². The molecule has 0 N–H and O–H groups in total. The second-order valence-electron chi connectivity index (χ2n) is 10.6. The third-order valence-electron chi connectivity index (χ3n) is 8.77. The zero-order valence-electron chi connectivity index (χ0n) is 20.9. The van der Waals surface area contributed by atoms with E-state index in [1.165, 1.54) is 55.6 Å². The van der Waals surface area contributed by atoms with E-state index in [1.807, 2.05) is 6.07 Å². The van der Waals surface area contributed by atoms with Crippen LogP contribution in [-0.4, -0.2) is 0 Å². The Hall–Kier alpha value is -4.40. The smallest absolute Gasteiger partial charge is 0.136 e. The molecule has 1 aromatic heterocycles. The van der Waals surface area contributed by atoms with Crippen LogP contribution >= 0.6 is 15.9 Å². The van der Waals surface area contributed by atoms with Gasteiger partial charge in [-0.2, -0.15) is 0 Å². The van der Waals surface area contributed by atoms with Crippen LogP contribution in [0.1, 0.15) is 22.3 Å². The molecule has 2 heteroatoms. The van der Waals surface area contributed by atoms with Crippen LogP contribution in [0.4, 0.5) is 0 Å². The maximum absolute atomic E-state index is 6.39. The fraction of sp³-hybridized carbons (Fsp3) is 0.0270. The highest BCUT2D eigenvalue weighted by Gasteiger charge is 2.50. The fourth-order valence-corrected chi connectivity index (χ4v) is 7.64. The lowest BCUT2D eigenvalue weighted by molar-refractivity contribution is 0.668. The number of hydrogen-bond acceptors (Lipinski definition) is 1. The van der Waals surface area contributed by atoms with Gasteiger partial charge < -0.3 is 4.42 Å². The van der Waals surface area contributed by atoms with E-state index in [9.17, 15) is 0 Å². The molecule has 39 heavy (non-hydrogen) atoms. The lowest BCUT2D eigenvalue weighted by Gasteiger charge is -2.35. The summed E-state index contributed by atoms with van der Waals surface area (Å²) in [6.45, 7) is 0. The average molecular weight is 561 g/mol. The van der Waals surface area contributed by atoms with Gasteiger partial charge in [-0.25, -0.2) is 0 Å². The molecule has 1 atom stereocenters. The molecule has 9 rings (SSSR count). The standard InChI is InChI=1S/C37H21BrO/c38-22-17-18-27-24-10-2-1-9-23(24)25-11-3-6-14-31(25)37(33(27)19-22)32-15-7-4-12-26(32)29-21-36-30(20-34(29)37)28-13-5-8-16-35(28)39-36/h1-21H. The molecule has 0 fully saturated rings. The number of rotatable bonds is 0. The van der Waals surface area contributed by atoms with Gasteiger partial charge in [0, 0.05) is 15.2 Å². The van der Waals surface area contributed by atoms with Crippen LogP contribution in [-0.2, 0) is 5.41 Å². The van der Waals surface area contributed by atoms with Crippen LogP contribution < -0.4 is 0 Å². The second kappa shape index (κ2) is 7.59. The first-order chi connectivity index (χ1) is 19.2. The molecule has 0 bridgehead atoms. The highest BCUT2D eigenvalue weighted by molar-refractivity contribution is 9.10. The predicted molar refractivity (Wildman–Crippen MR) is 163 cm³/mol. The van der Waals surface area contributed by atoms with E-state index >= 15 is 0 Å². The molecule has 1 heterocycles. The molecule has 1 spiro atoms. The highest BCUT2D eigenvalue weighted by atomic mass is 79.9.